The number of hydrogen-bond acceptors (Lipinski definition) is 6. The lowest BCUT2D eigenvalue weighted by Crippen LogP contribution is -2.71. The molecule has 0 saturated carbocycles. The Labute approximate surface area is 172 Å². The molecule has 1 aliphatic heterocycles. The van der Waals surface area contributed by atoms with Gasteiger partial charge in [-0.2, -0.15) is 0 Å². The standard InChI is InChI=1S/C18H28N6O6/c1-9(2)12(23-15(19)28)13(26)20-6-18(17(3,4)30)7-24(8-18)14(27)10-5-11(25)22-16(29)21-10/h5,9,12,30H,6-8H2,1-4H3,(H,20,26)(H3,19,23,28)(H2,21,22,25,29)/t12-/m0/s1. The predicted molar refractivity (Wildman–Crippen MR) is 107 cm³/mol. The van der Waals surface area contributed by atoms with Crippen LogP contribution < -0.4 is 27.6 Å². The van der Waals surface area contributed by atoms with Crippen molar-refractivity contribution in [2.24, 2.45) is 17.1 Å². The smallest absolute Gasteiger partial charge is 0.326 e. The molecular formula is C18H28N6O6. The fourth-order valence-corrected chi connectivity index (χ4v) is 3.35. The molecule has 1 atom stereocenters. The maximum atomic E-state index is 12.6. The third-order valence-electron chi connectivity index (χ3n) is 5.41. The number of rotatable bonds is 7. The van der Waals surface area contributed by atoms with Crippen molar-refractivity contribution in [3.63, 3.8) is 0 Å². The fourth-order valence-electron chi connectivity index (χ4n) is 3.35. The largest absolute Gasteiger partial charge is 0.390 e. The molecule has 0 aliphatic carbocycles. The molecule has 1 aromatic rings. The Bertz CT molecular complexity index is 909. The van der Waals surface area contributed by atoms with E-state index in [-0.39, 0.29) is 31.2 Å². The summed E-state index contributed by atoms with van der Waals surface area (Å²) in [5.74, 6) is -1.25. The van der Waals surface area contributed by atoms with E-state index in [1.54, 1.807) is 27.7 Å². The van der Waals surface area contributed by atoms with Crippen LogP contribution in [0, 0.1) is 11.3 Å². The van der Waals surface area contributed by atoms with E-state index in [2.05, 4.69) is 15.6 Å². The molecule has 0 bridgehead atoms. The Hall–Kier alpha value is -3.15. The molecule has 0 unspecified atom stereocenters. The van der Waals surface area contributed by atoms with Gasteiger partial charge in [-0.05, 0) is 19.8 Å². The average molecular weight is 424 g/mol. The monoisotopic (exact) mass is 424 g/mol. The maximum Gasteiger partial charge on any atom is 0.326 e. The van der Waals surface area contributed by atoms with Crippen LogP contribution >= 0.6 is 0 Å². The third kappa shape index (κ3) is 4.87. The van der Waals surface area contributed by atoms with E-state index in [1.807, 2.05) is 4.98 Å². The van der Waals surface area contributed by atoms with E-state index in [0.29, 0.717) is 0 Å². The molecule has 1 saturated heterocycles. The summed E-state index contributed by atoms with van der Waals surface area (Å²) >= 11 is 0. The van der Waals surface area contributed by atoms with Crippen LogP contribution in [0.1, 0.15) is 38.2 Å². The molecule has 2 rings (SSSR count). The predicted octanol–water partition coefficient (Wildman–Crippen LogP) is -1.91. The minimum atomic E-state index is -1.26. The number of urea groups is 1. The topological polar surface area (TPSA) is 190 Å². The number of likely N-dealkylation sites (tertiary alicyclic amines) is 1. The summed E-state index contributed by atoms with van der Waals surface area (Å²) in [5.41, 5.74) is 1.33. The Morgan fingerprint density at radius 2 is 1.87 bits per heavy atom. The molecule has 0 aromatic carbocycles. The Kier molecular flexibility index (Phi) is 6.40. The van der Waals surface area contributed by atoms with Gasteiger partial charge in [0.25, 0.3) is 11.5 Å². The number of nitrogens with zero attached hydrogens (tertiary/aromatic N) is 1. The number of aliphatic hydroxyl groups is 1. The second-order valence-corrected chi connectivity index (χ2v) is 8.45. The first-order chi connectivity index (χ1) is 13.8. The lowest BCUT2D eigenvalue weighted by Gasteiger charge is -2.56. The number of carbonyl (C=O) groups excluding carboxylic acids is 3. The maximum absolute atomic E-state index is 12.6. The molecule has 12 nitrogen and oxygen atoms in total. The summed E-state index contributed by atoms with van der Waals surface area (Å²) in [7, 11) is 0. The highest BCUT2D eigenvalue weighted by Crippen LogP contribution is 2.40. The first kappa shape index (κ1) is 23.1. The number of aromatic nitrogens is 2. The Balaban J connectivity index is 2.12. The molecule has 4 amide bonds. The SMILES string of the molecule is CC(C)[C@H](NC(N)=O)C(=O)NCC1(C(C)(C)O)CN(C(=O)c2cc(=O)[nH]c(=O)[nH]2)C1. The number of H-pyrrole nitrogens is 2. The fraction of sp³-hybridized carbons (Fsp3) is 0.611. The normalized spacial score (nSPS) is 16.5. The summed E-state index contributed by atoms with van der Waals surface area (Å²) in [6.45, 7) is 6.83. The highest BCUT2D eigenvalue weighted by molar-refractivity contribution is 5.93. The molecule has 30 heavy (non-hydrogen) atoms. The molecule has 0 spiro atoms. The van der Waals surface area contributed by atoms with Crippen LogP contribution in [0.5, 0.6) is 0 Å². The van der Waals surface area contributed by atoms with Crippen molar-refractivity contribution in [2.75, 3.05) is 19.6 Å². The summed E-state index contributed by atoms with van der Waals surface area (Å²) in [5, 5.41) is 15.8. The number of nitrogens with one attached hydrogen (secondary N) is 4. The van der Waals surface area contributed by atoms with Gasteiger partial charge in [0.2, 0.25) is 5.91 Å². The van der Waals surface area contributed by atoms with Crippen LogP contribution in [0.2, 0.25) is 0 Å². The number of hydrogen-bond donors (Lipinski definition) is 6. The van der Waals surface area contributed by atoms with E-state index in [0.717, 1.165) is 6.07 Å². The van der Waals surface area contributed by atoms with Crippen LogP contribution in [-0.4, -0.2) is 69.1 Å². The van der Waals surface area contributed by atoms with Gasteiger partial charge in [-0.3, -0.25) is 19.4 Å². The Morgan fingerprint density at radius 3 is 2.33 bits per heavy atom. The summed E-state index contributed by atoms with van der Waals surface area (Å²) in [6, 6.07) is -0.688. The van der Waals surface area contributed by atoms with Gasteiger partial charge in [0.1, 0.15) is 11.7 Å². The van der Waals surface area contributed by atoms with Gasteiger partial charge in [-0.25, -0.2) is 9.59 Å². The van der Waals surface area contributed by atoms with Gasteiger partial charge < -0.3 is 31.4 Å². The van der Waals surface area contributed by atoms with Crippen molar-refractivity contribution < 1.29 is 19.5 Å². The molecule has 2 heterocycles. The van der Waals surface area contributed by atoms with E-state index in [1.165, 1.54) is 4.90 Å². The van der Waals surface area contributed by atoms with Gasteiger partial charge >= 0.3 is 11.7 Å². The lowest BCUT2D eigenvalue weighted by atomic mass is 9.67. The average Bonchev–Trinajstić information content (AvgIpc) is 2.55. The van der Waals surface area contributed by atoms with Crippen LogP contribution in [0.4, 0.5) is 4.79 Å². The molecule has 1 fully saturated rings. The van der Waals surface area contributed by atoms with Crippen molar-refractivity contribution in [1.29, 1.82) is 0 Å². The van der Waals surface area contributed by atoms with Gasteiger partial charge in [0.15, 0.2) is 0 Å². The summed E-state index contributed by atoms with van der Waals surface area (Å²) in [6.07, 6.45) is 0. The number of aromatic amines is 2. The van der Waals surface area contributed by atoms with Crippen molar-refractivity contribution in [3.05, 3.63) is 32.6 Å². The highest BCUT2D eigenvalue weighted by Gasteiger charge is 2.54. The van der Waals surface area contributed by atoms with Crippen molar-refractivity contribution in [3.8, 4) is 0 Å². The van der Waals surface area contributed by atoms with E-state index >= 15 is 0 Å². The van der Waals surface area contributed by atoms with E-state index < -0.39 is 46.2 Å². The molecule has 1 aromatic heterocycles. The molecule has 0 radical (unpaired) electrons. The van der Waals surface area contributed by atoms with Crippen molar-refractivity contribution >= 4 is 17.8 Å². The van der Waals surface area contributed by atoms with Crippen LogP contribution in [-0.2, 0) is 4.79 Å². The zero-order chi connectivity index (χ0) is 22.9. The van der Waals surface area contributed by atoms with Crippen LogP contribution in [0.15, 0.2) is 15.7 Å². The molecular weight excluding hydrogens is 396 g/mol. The third-order valence-corrected chi connectivity index (χ3v) is 5.41. The number of amides is 4. The Morgan fingerprint density at radius 1 is 1.27 bits per heavy atom. The number of carbonyl (C=O) groups is 3. The quantitative estimate of drug-likeness (QED) is 0.296. The van der Waals surface area contributed by atoms with Gasteiger partial charge in [-0.1, -0.05) is 13.8 Å². The second-order valence-electron chi connectivity index (χ2n) is 8.45. The zero-order valence-electron chi connectivity index (χ0n) is 17.4. The molecule has 12 heteroatoms. The van der Waals surface area contributed by atoms with Gasteiger partial charge in [0.05, 0.1) is 11.0 Å². The van der Waals surface area contributed by atoms with Crippen molar-refractivity contribution in [1.82, 2.24) is 25.5 Å². The molecule has 1 aliphatic rings. The van der Waals surface area contributed by atoms with Crippen molar-refractivity contribution in [2.45, 2.75) is 39.3 Å². The lowest BCUT2D eigenvalue weighted by molar-refractivity contribution is -0.137. The summed E-state index contributed by atoms with van der Waals surface area (Å²) in [4.78, 5) is 64.7. The number of primary amides is 1. The van der Waals surface area contributed by atoms with Gasteiger partial charge in [0, 0.05) is 25.7 Å². The first-order valence-electron chi connectivity index (χ1n) is 9.45. The molecule has 7 N–H and O–H groups in total. The number of nitrogens with two attached hydrogens (primary N) is 1. The van der Waals surface area contributed by atoms with E-state index in [4.69, 9.17) is 5.73 Å². The first-order valence-corrected chi connectivity index (χ1v) is 9.45. The van der Waals surface area contributed by atoms with Crippen LogP contribution in [0.25, 0.3) is 0 Å². The zero-order valence-corrected chi connectivity index (χ0v) is 17.4. The highest BCUT2D eigenvalue weighted by atomic mass is 16.3. The summed E-state index contributed by atoms with van der Waals surface area (Å²) < 4.78 is 0. The minimum Gasteiger partial charge on any atom is -0.390 e. The minimum absolute atomic E-state index is 0.0364. The van der Waals surface area contributed by atoms with E-state index in [9.17, 15) is 29.1 Å². The molecule has 166 valence electrons. The van der Waals surface area contributed by atoms with Gasteiger partial charge in [-0.15, -0.1) is 0 Å². The second kappa shape index (κ2) is 8.30. The van der Waals surface area contributed by atoms with Crippen LogP contribution in [0.3, 0.4) is 0 Å².